The monoisotopic (exact) mass is 446 g/mol. The van der Waals surface area contributed by atoms with Crippen LogP contribution in [-0.2, 0) is 9.53 Å². The van der Waals surface area contributed by atoms with E-state index in [1.165, 1.54) is 0 Å². The molecule has 0 atom stereocenters. The summed E-state index contributed by atoms with van der Waals surface area (Å²) in [6.45, 7) is 2.21. The quantitative estimate of drug-likeness (QED) is 0.429. The van der Waals surface area contributed by atoms with Crippen LogP contribution in [0, 0.1) is 0 Å². The van der Waals surface area contributed by atoms with E-state index in [0.717, 1.165) is 15.9 Å². The van der Waals surface area contributed by atoms with Gasteiger partial charge in [-0.05, 0) is 0 Å². The van der Waals surface area contributed by atoms with Crippen LogP contribution < -0.4 is 15.9 Å². The van der Waals surface area contributed by atoms with Gasteiger partial charge in [0.05, 0.1) is 0 Å². The minimum atomic E-state index is -3.20. The molecule has 0 radical (unpaired) electrons. The van der Waals surface area contributed by atoms with Crippen molar-refractivity contribution >= 4 is 42.7 Å². The van der Waals surface area contributed by atoms with Crippen LogP contribution in [0.2, 0.25) is 0 Å². The maximum atomic E-state index is 12.8. The molecule has 3 nitrogen and oxygen atoms in total. The Morgan fingerprint density at radius 2 is 1.11 bits per heavy atom. The standard InChI is InChI=1S/C22H22BrO2P.H2O/c1-2-25-22(24)18-26(23,19-12-6-3-7-13-19,20-14-8-4-9-15-20)21-16-10-5-11-17-21;/h3-17H,2,18H2,1H3;1H2. The van der Waals surface area contributed by atoms with Gasteiger partial charge in [-0.15, -0.1) is 0 Å². The maximum absolute atomic E-state index is 12.8. The molecule has 0 aliphatic carbocycles. The van der Waals surface area contributed by atoms with Crippen LogP contribution in [0.15, 0.2) is 91.0 Å². The fraction of sp³-hybridized carbons (Fsp3) is 0.136. The average Bonchev–Trinajstić information content (AvgIpc) is 2.70. The summed E-state index contributed by atoms with van der Waals surface area (Å²) in [6.07, 6.45) is 0.275. The van der Waals surface area contributed by atoms with Crippen LogP contribution in [0.25, 0.3) is 0 Å². The third-order valence-corrected chi connectivity index (χ3v) is 14.0. The summed E-state index contributed by atoms with van der Waals surface area (Å²) in [4.78, 5) is 12.8. The summed E-state index contributed by atoms with van der Waals surface area (Å²) in [5.41, 5.74) is 0. The molecule has 0 heterocycles. The van der Waals surface area contributed by atoms with Gasteiger partial charge in [0.2, 0.25) is 0 Å². The second-order valence-corrected chi connectivity index (χ2v) is 15.1. The molecule has 0 spiro atoms. The number of hydrogen-bond acceptors (Lipinski definition) is 2. The van der Waals surface area contributed by atoms with Crippen LogP contribution in [0.4, 0.5) is 0 Å². The molecule has 3 aromatic carbocycles. The van der Waals surface area contributed by atoms with E-state index >= 15 is 0 Å². The van der Waals surface area contributed by atoms with Crippen molar-refractivity contribution in [2.75, 3.05) is 12.8 Å². The Morgan fingerprint density at radius 3 is 1.41 bits per heavy atom. The number of carbonyl (C=O) groups is 1. The van der Waals surface area contributed by atoms with Crippen molar-refractivity contribution in [2.45, 2.75) is 6.92 Å². The summed E-state index contributed by atoms with van der Waals surface area (Å²) in [5, 5.41) is 0.146. The van der Waals surface area contributed by atoms with Gasteiger partial charge in [-0.1, -0.05) is 0 Å². The molecular weight excluding hydrogens is 423 g/mol. The fourth-order valence-electron chi connectivity index (χ4n) is 3.39. The van der Waals surface area contributed by atoms with E-state index in [2.05, 4.69) is 51.9 Å². The molecule has 0 saturated carbocycles. The van der Waals surface area contributed by atoms with Gasteiger partial charge < -0.3 is 5.48 Å². The van der Waals surface area contributed by atoms with Crippen molar-refractivity contribution < 1.29 is 15.0 Å². The molecule has 0 amide bonds. The summed E-state index contributed by atoms with van der Waals surface area (Å²) >= 11 is 4.22. The van der Waals surface area contributed by atoms with E-state index in [9.17, 15) is 4.79 Å². The van der Waals surface area contributed by atoms with Gasteiger partial charge in [-0.3, -0.25) is 0 Å². The van der Waals surface area contributed by atoms with E-state index < -0.39 is 5.31 Å². The zero-order chi connectivity index (χ0) is 18.5. The van der Waals surface area contributed by atoms with Crippen LogP contribution >= 0.6 is 20.8 Å². The molecule has 0 aliphatic rings. The summed E-state index contributed by atoms with van der Waals surface area (Å²) in [5.74, 6) is -0.196. The van der Waals surface area contributed by atoms with Gasteiger partial charge in [0.15, 0.2) is 0 Å². The Hall–Kier alpha value is -2.00. The van der Waals surface area contributed by atoms with Gasteiger partial charge in [0.25, 0.3) is 0 Å². The van der Waals surface area contributed by atoms with E-state index in [-0.39, 0.29) is 17.6 Å². The molecule has 2 N–H and O–H groups in total. The van der Waals surface area contributed by atoms with Gasteiger partial charge >= 0.3 is 163 Å². The number of hydrogen-bond donors (Lipinski definition) is 0. The topological polar surface area (TPSA) is 57.8 Å². The molecule has 5 heteroatoms. The molecule has 27 heavy (non-hydrogen) atoms. The van der Waals surface area contributed by atoms with E-state index in [1.54, 1.807) is 0 Å². The average molecular weight is 447 g/mol. The first-order valence-electron chi connectivity index (χ1n) is 8.65. The largest absolute Gasteiger partial charge is 0.412 e. The first-order valence-corrected chi connectivity index (χ1v) is 13.1. The number of rotatable bonds is 6. The molecule has 0 saturated heterocycles. The number of halogens is 1. The predicted octanol–water partition coefficient (Wildman–Crippen LogP) is 3.56. The van der Waals surface area contributed by atoms with Crippen LogP contribution in [0.3, 0.4) is 0 Å². The zero-order valence-electron chi connectivity index (χ0n) is 15.2. The van der Waals surface area contributed by atoms with E-state index in [0.29, 0.717) is 6.61 Å². The van der Waals surface area contributed by atoms with Crippen molar-refractivity contribution in [3.63, 3.8) is 0 Å². The second-order valence-electron chi connectivity index (χ2n) is 6.15. The Kier molecular flexibility index (Phi) is 6.94. The predicted molar refractivity (Wildman–Crippen MR) is 119 cm³/mol. The van der Waals surface area contributed by atoms with Gasteiger partial charge in [0.1, 0.15) is 0 Å². The van der Waals surface area contributed by atoms with Crippen molar-refractivity contribution in [1.29, 1.82) is 0 Å². The van der Waals surface area contributed by atoms with Crippen LogP contribution in [0.5, 0.6) is 0 Å². The molecule has 0 fully saturated rings. The summed E-state index contributed by atoms with van der Waals surface area (Å²) < 4.78 is 5.39. The zero-order valence-corrected chi connectivity index (χ0v) is 17.7. The molecule has 0 unspecified atom stereocenters. The van der Waals surface area contributed by atoms with Crippen molar-refractivity contribution in [1.82, 2.24) is 0 Å². The van der Waals surface area contributed by atoms with E-state index in [1.807, 2.05) is 61.5 Å². The summed E-state index contributed by atoms with van der Waals surface area (Å²) in [6, 6.07) is 30.7. The van der Waals surface area contributed by atoms with Gasteiger partial charge in [-0.2, -0.15) is 0 Å². The van der Waals surface area contributed by atoms with E-state index in [4.69, 9.17) is 4.74 Å². The molecule has 3 aromatic rings. The van der Waals surface area contributed by atoms with Crippen molar-refractivity contribution in [3.8, 4) is 0 Å². The normalized spacial score (nSPS) is 12.3. The van der Waals surface area contributed by atoms with Crippen molar-refractivity contribution in [2.24, 2.45) is 0 Å². The molecule has 142 valence electrons. The smallest absolute Gasteiger partial charge is 0.412 e. The van der Waals surface area contributed by atoms with Crippen molar-refractivity contribution in [3.05, 3.63) is 91.0 Å². The molecular formula is C22H24BrO3P. The minimum absolute atomic E-state index is 0. The fourth-order valence-corrected chi connectivity index (χ4v) is 10.5. The van der Waals surface area contributed by atoms with Gasteiger partial charge in [0, 0.05) is 0 Å². The molecule has 0 aliphatic heterocycles. The van der Waals surface area contributed by atoms with Crippen LogP contribution in [0.1, 0.15) is 6.92 Å². The summed E-state index contributed by atoms with van der Waals surface area (Å²) in [7, 11) is 0. The third-order valence-electron chi connectivity index (χ3n) is 4.62. The Morgan fingerprint density at radius 1 is 0.778 bits per heavy atom. The Bertz CT molecular complexity index is 770. The molecule has 0 bridgehead atoms. The number of carbonyl (C=O) groups excluding carboxylic acids is 1. The maximum Gasteiger partial charge on any atom is -0.412 e. The molecule has 3 rings (SSSR count). The number of ether oxygens (including phenoxy) is 1. The Labute approximate surface area is 168 Å². The van der Waals surface area contributed by atoms with Crippen LogP contribution in [-0.4, -0.2) is 24.2 Å². The number of benzene rings is 3. The number of esters is 1. The van der Waals surface area contributed by atoms with Gasteiger partial charge in [-0.25, -0.2) is 0 Å². The first-order chi connectivity index (χ1) is 12.6. The minimum Gasteiger partial charge on any atom is -0.412 e. The molecule has 0 aromatic heterocycles. The Balaban J connectivity index is 0.00000261. The second kappa shape index (κ2) is 8.79. The third kappa shape index (κ3) is 3.84. The SMILES string of the molecule is CCOC(=O)CP(Br)(c1ccccc1)(c1ccccc1)c1ccccc1.O. The first kappa shape index (κ1) is 21.3.